The summed E-state index contributed by atoms with van der Waals surface area (Å²) in [5.41, 5.74) is 0. The first kappa shape index (κ1) is 19.5. The van der Waals surface area contributed by atoms with Crippen LogP contribution in [0.4, 0.5) is 0 Å². The van der Waals surface area contributed by atoms with Crippen molar-refractivity contribution in [3.8, 4) is 0 Å². The molecule has 0 aromatic heterocycles. The molecule has 1 aliphatic carbocycles. The first-order valence-electron chi connectivity index (χ1n) is 10.0. The standard InChI is InChI=1S/C20H38O2/c21-20(22)19-17-15-13-11-9-7-5-3-1-2-4-6-8-10-12-14-16-18-19/h19H,1-18H2,(H,21,22). The molecule has 0 bridgehead atoms. The Morgan fingerprint density at radius 3 is 0.955 bits per heavy atom. The minimum atomic E-state index is -0.564. The highest BCUT2D eigenvalue weighted by Gasteiger charge is 2.16. The van der Waals surface area contributed by atoms with E-state index in [0.717, 1.165) is 25.7 Å². The van der Waals surface area contributed by atoms with Crippen LogP contribution in [0.1, 0.15) is 116 Å². The lowest BCUT2D eigenvalue weighted by atomic mass is 9.94. The van der Waals surface area contributed by atoms with Crippen LogP contribution in [0.25, 0.3) is 0 Å². The average molecular weight is 311 g/mol. The molecule has 1 fully saturated rings. The molecule has 0 amide bonds. The molecule has 2 nitrogen and oxygen atoms in total. The second kappa shape index (κ2) is 14.1. The molecule has 1 saturated carbocycles. The Balaban J connectivity index is 2.23. The Hall–Kier alpha value is -0.530. The summed E-state index contributed by atoms with van der Waals surface area (Å²) in [5.74, 6) is -0.645. The number of carboxylic acids is 1. The van der Waals surface area contributed by atoms with Crippen LogP contribution in [-0.4, -0.2) is 11.1 Å². The molecular formula is C20H38O2. The highest BCUT2D eigenvalue weighted by molar-refractivity contribution is 5.69. The zero-order valence-electron chi connectivity index (χ0n) is 14.7. The van der Waals surface area contributed by atoms with Gasteiger partial charge in [0.05, 0.1) is 5.92 Å². The van der Waals surface area contributed by atoms with Gasteiger partial charge in [-0.05, 0) is 12.8 Å². The third-order valence-electron chi connectivity index (χ3n) is 5.20. The maximum absolute atomic E-state index is 11.3. The van der Waals surface area contributed by atoms with Gasteiger partial charge in [-0.25, -0.2) is 0 Å². The van der Waals surface area contributed by atoms with Crippen LogP contribution in [0, 0.1) is 5.92 Å². The van der Waals surface area contributed by atoms with Crippen LogP contribution in [-0.2, 0) is 4.79 Å². The summed E-state index contributed by atoms with van der Waals surface area (Å²) in [6.07, 6.45) is 23.0. The van der Waals surface area contributed by atoms with Gasteiger partial charge in [0.15, 0.2) is 0 Å². The van der Waals surface area contributed by atoms with E-state index in [4.69, 9.17) is 0 Å². The average Bonchev–Trinajstić information content (AvgIpc) is 2.50. The lowest BCUT2D eigenvalue weighted by molar-refractivity contribution is -0.142. The van der Waals surface area contributed by atoms with Crippen LogP contribution in [0.2, 0.25) is 0 Å². The van der Waals surface area contributed by atoms with E-state index in [1.807, 2.05) is 0 Å². The second-order valence-electron chi connectivity index (χ2n) is 7.27. The zero-order valence-corrected chi connectivity index (χ0v) is 14.7. The molecule has 1 rings (SSSR count). The molecule has 130 valence electrons. The number of rotatable bonds is 1. The van der Waals surface area contributed by atoms with Gasteiger partial charge in [-0.3, -0.25) is 4.79 Å². The molecule has 0 unspecified atom stereocenters. The van der Waals surface area contributed by atoms with Crippen molar-refractivity contribution in [2.24, 2.45) is 5.92 Å². The van der Waals surface area contributed by atoms with Gasteiger partial charge in [-0.15, -0.1) is 0 Å². The lowest BCUT2D eigenvalue weighted by Crippen LogP contribution is -2.13. The van der Waals surface area contributed by atoms with Gasteiger partial charge in [0, 0.05) is 0 Å². The number of aliphatic carboxylic acids is 1. The fourth-order valence-electron chi connectivity index (χ4n) is 3.65. The van der Waals surface area contributed by atoms with E-state index in [0.29, 0.717) is 0 Å². The van der Waals surface area contributed by atoms with Crippen molar-refractivity contribution in [2.45, 2.75) is 116 Å². The highest BCUT2D eigenvalue weighted by Crippen LogP contribution is 2.20. The van der Waals surface area contributed by atoms with Crippen molar-refractivity contribution < 1.29 is 9.90 Å². The third kappa shape index (κ3) is 11.1. The summed E-state index contributed by atoms with van der Waals surface area (Å²) >= 11 is 0. The fourth-order valence-corrected chi connectivity index (χ4v) is 3.65. The Morgan fingerprint density at radius 2 is 0.727 bits per heavy atom. The summed E-state index contributed by atoms with van der Waals surface area (Å²) in [4.78, 5) is 11.3. The van der Waals surface area contributed by atoms with Gasteiger partial charge in [-0.1, -0.05) is 103 Å². The fraction of sp³-hybridized carbons (Fsp3) is 0.950. The van der Waals surface area contributed by atoms with E-state index in [1.54, 1.807) is 0 Å². The topological polar surface area (TPSA) is 37.3 Å². The van der Waals surface area contributed by atoms with Crippen LogP contribution < -0.4 is 0 Å². The van der Waals surface area contributed by atoms with Gasteiger partial charge in [0.2, 0.25) is 0 Å². The maximum atomic E-state index is 11.3. The summed E-state index contributed by atoms with van der Waals surface area (Å²) in [7, 11) is 0. The van der Waals surface area contributed by atoms with E-state index in [2.05, 4.69) is 0 Å². The minimum Gasteiger partial charge on any atom is -0.481 e. The third-order valence-corrected chi connectivity index (χ3v) is 5.20. The summed E-state index contributed by atoms with van der Waals surface area (Å²) in [6.45, 7) is 0. The van der Waals surface area contributed by atoms with Crippen molar-refractivity contribution in [3.05, 3.63) is 0 Å². The Kier molecular flexibility index (Phi) is 12.5. The molecule has 0 spiro atoms. The molecule has 0 saturated heterocycles. The first-order chi connectivity index (χ1) is 10.8. The molecule has 0 aliphatic heterocycles. The number of carbonyl (C=O) groups is 1. The van der Waals surface area contributed by atoms with Crippen LogP contribution in [0.3, 0.4) is 0 Å². The molecule has 22 heavy (non-hydrogen) atoms. The molecule has 1 aliphatic rings. The molecule has 0 aromatic rings. The zero-order chi connectivity index (χ0) is 15.9. The maximum Gasteiger partial charge on any atom is 0.306 e. The lowest BCUT2D eigenvalue weighted by Gasteiger charge is -2.12. The molecule has 0 heterocycles. The second-order valence-corrected chi connectivity index (χ2v) is 7.27. The molecule has 0 atom stereocenters. The van der Waals surface area contributed by atoms with Gasteiger partial charge < -0.3 is 5.11 Å². The van der Waals surface area contributed by atoms with Crippen molar-refractivity contribution in [3.63, 3.8) is 0 Å². The van der Waals surface area contributed by atoms with Crippen molar-refractivity contribution in [2.75, 3.05) is 0 Å². The number of hydrogen-bond donors (Lipinski definition) is 1. The van der Waals surface area contributed by atoms with Gasteiger partial charge >= 0.3 is 5.97 Å². The summed E-state index contributed by atoms with van der Waals surface area (Å²) < 4.78 is 0. The quantitative estimate of drug-likeness (QED) is 0.583. The van der Waals surface area contributed by atoms with Crippen LogP contribution in [0.15, 0.2) is 0 Å². The monoisotopic (exact) mass is 310 g/mol. The summed E-state index contributed by atoms with van der Waals surface area (Å²) in [6, 6.07) is 0. The van der Waals surface area contributed by atoms with E-state index < -0.39 is 5.97 Å². The van der Waals surface area contributed by atoms with Crippen molar-refractivity contribution in [1.29, 1.82) is 0 Å². The van der Waals surface area contributed by atoms with E-state index >= 15 is 0 Å². The Labute approximate surface area is 138 Å². The summed E-state index contributed by atoms with van der Waals surface area (Å²) in [5, 5.41) is 9.33. The van der Waals surface area contributed by atoms with Crippen LogP contribution >= 0.6 is 0 Å². The van der Waals surface area contributed by atoms with E-state index in [9.17, 15) is 9.90 Å². The van der Waals surface area contributed by atoms with Crippen LogP contribution in [0.5, 0.6) is 0 Å². The van der Waals surface area contributed by atoms with E-state index in [-0.39, 0.29) is 5.92 Å². The largest absolute Gasteiger partial charge is 0.481 e. The van der Waals surface area contributed by atoms with Gasteiger partial charge in [0.25, 0.3) is 0 Å². The highest BCUT2D eigenvalue weighted by atomic mass is 16.4. The predicted octanol–water partition coefficient (Wildman–Crippen LogP) is 6.72. The Morgan fingerprint density at radius 1 is 0.500 bits per heavy atom. The predicted molar refractivity (Wildman–Crippen MR) is 94.2 cm³/mol. The first-order valence-corrected chi connectivity index (χ1v) is 10.0. The molecular weight excluding hydrogens is 272 g/mol. The van der Waals surface area contributed by atoms with Gasteiger partial charge in [0.1, 0.15) is 0 Å². The SMILES string of the molecule is O=C(O)C1CCCCCCCCCCCCCCCCCC1. The van der Waals surface area contributed by atoms with Gasteiger partial charge in [-0.2, -0.15) is 0 Å². The molecule has 0 radical (unpaired) electrons. The molecule has 0 aromatic carbocycles. The number of hydrogen-bond acceptors (Lipinski definition) is 1. The van der Waals surface area contributed by atoms with Crippen molar-refractivity contribution in [1.82, 2.24) is 0 Å². The molecule has 2 heteroatoms. The Bertz CT molecular complexity index is 242. The minimum absolute atomic E-state index is 0.0814. The van der Waals surface area contributed by atoms with Crippen molar-refractivity contribution >= 4 is 5.97 Å². The van der Waals surface area contributed by atoms with E-state index in [1.165, 1.54) is 89.9 Å². The smallest absolute Gasteiger partial charge is 0.306 e. The normalized spacial score (nSPS) is 23.1. The molecule has 1 N–H and O–H groups in total. The number of carboxylic acid groups (broad SMARTS) is 1.